The number of nitrogens with one attached hydrogen (secondary N) is 1. The molecule has 19 heavy (non-hydrogen) atoms. The number of urea groups is 1. The largest absolute Gasteiger partial charge is 0.480 e. The number of amides is 2. The van der Waals surface area contributed by atoms with Crippen LogP contribution in [0.5, 0.6) is 0 Å². The number of thioether (sulfide) groups is 1. The lowest BCUT2D eigenvalue weighted by Gasteiger charge is -2.38. The van der Waals surface area contributed by atoms with Crippen LogP contribution in [0.2, 0.25) is 0 Å². The lowest BCUT2D eigenvalue weighted by atomic mass is 10.2. The van der Waals surface area contributed by atoms with E-state index in [4.69, 9.17) is 5.11 Å². The second-order valence-electron chi connectivity index (χ2n) is 4.90. The smallest absolute Gasteiger partial charge is 0.326 e. The van der Waals surface area contributed by atoms with E-state index in [1.54, 1.807) is 16.7 Å². The van der Waals surface area contributed by atoms with Gasteiger partial charge in [-0.2, -0.15) is 11.8 Å². The van der Waals surface area contributed by atoms with Crippen LogP contribution in [0, 0.1) is 0 Å². The van der Waals surface area contributed by atoms with Gasteiger partial charge in [-0.15, -0.1) is 0 Å². The number of carbonyl (C=O) groups excluding carboxylic acids is 1. The predicted molar refractivity (Wildman–Crippen MR) is 76.6 cm³/mol. The molecule has 0 aromatic rings. The van der Waals surface area contributed by atoms with E-state index in [1.807, 2.05) is 13.3 Å². The van der Waals surface area contributed by atoms with Gasteiger partial charge in [0, 0.05) is 25.7 Å². The number of nitrogens with zero attached hydrogens (tertiary/aromatic N) is 2. The normalized spacial score (nSPS) is 22.1. The molecule has 0 spiro atoms. The SMILES string of the molecule is CSCC[C@H](NC(=O)N1CCN(C)C(C)C1)C(=O)O. The Balaban J connectivity index is 2.50. The van der Waals surface area contributed by atoms with Crippen LogP contribution in [0.3, 0.4) is 0 Å². The Kier molecular flexibility index (Phi) is 6.44. The van der Waals surface area contributed by atoms with Gasteiger partial charge in [-0.25, -0.2) is 9.59 Å². The highest BCUT2D eigenvalue weighted by molar-refractivity contribution is 7.98. The number of hydrogen-bond donors (Lipinski definition) is 2. The van der Waals surface area contributed by atoms with E-state index in [-0.39, 0.29) is 6.03 Å². The Morgan fingerprint density at radius 3 is 2.68 bits per heavy atom. The molecule has 6 nitrogen and oxygen atoms in total. The van der Waals surface area contributed by atoms with Crippen LogP contribution >= 0.6 is 11.8 Å². The summed E-state index contributed by atoms with van der Waals surface area (Å²) >= 11 is 1.58. The Morgan fingerprint density at radius 1 is 1.47 bits per heavy atom. The fourth-order valence-corrected chi connectivity index (χ4v) is 2.44. The summed E-state index contributed by atoms with van der Waals surface area (Å²) < 4.78 is 0. The van der Waals surface area contributed by atoms with Crippen LogP contribution in [-0.4, -0.2) is 77.7 Å². The van der Waals surface area contributed by atoms with Crippen molar-refractivity contribution in [3.8, 4) is 0 Å². The van der Waals surface area contributed by atoms with Gasteiger partial charge in [0.15, 0.2) is 0 Å². The number of piperazine rings is 1. The molecule has 110 valence electrons. The van der Waals surface area contributed by atoms with Crippen molar-refractivity contribution in [1.82, 2.24) is 15.1 Å². The van der Waals surface area contributed by atoms with E-state index in [1.165, 1.54) is 0 Å². The first-order valence-electron chi connectivity index (χ1n) is 6.43. The number of aliphatic carboxylic acids is 1. The van der Waals surface area contributed by atoms with Gasteiger partial charge >= 0.3 is 12.0 Å². The summed E-state index contributed by atoms with van der Waals surface area (Å²) in [7, 11) is 2.03. The van der Waals surface area contributed by atoms with Gasteiger partial charge in [0.25, 0.3) is 0 Å². The van der Waals surface area contributed by atoms with Gasteiger partial charge in [0.2, 0.25) is 0 Å². The molecule has 1 heterocycles. The Labute approximate surface area is 118 Å². The van der Waals surface area contributed by atoms with E-state index in [9.17, 15) is 9.59 Å². The van der Waals surface area contributed by atoms with Crippen LogP contribution < -0.4 is 5.32 Å². The molecule has 1 fully saturated rings. The Morgan fingerprint density at radius 2 is 2.16 bits per heavy atom. The molecule has 0 aromatic heterocycles. The Hall–Kier alpha value is -0.950. The van der Waals surface area contributed by atoms with Crippen LogP contribution in [0.15, 0.2) is 0 Å². The number of carbonyl (C=O) groups is 2. The molecule has 0 aliphatic carbocycles. The number of rotatable bonds is 5. The minimum Gasteiger partial charge on any atom is -0.480 e. The number of carboxylic acids is 1. The minimum atomic E-state index is -0.968. The number of hydrogen-bond acceptors (Lipinski definition) is 4. The quantitative estimate of drug-likeness (QED) is 0.773. The summed E-state index contributed by atoms with van der Waals surface area (Å²) in [6.45, 7) is 4.15. The summed E-state index contributed by atoms with van der Waals surface area (Å²) in [6.07, 6.45) is 2.37. The second kappa shape index (κ2) is 7.59. The van der Waals surface area contributed by atoms with Crippen molar-refractivity contribution in [2.75, 3.05) is 38.7 Å². The third-order valence-electron chi connectivity index (χ3n) is 3.45. The topological polar surface area (TPSA) is 72.9 Å². The van der Waals surface area contributed by atoms with Crippen molar-refractivity contribution >= 4 is 23.8 Å². The Bertz CT molecular complexity index is 327. The van der Waals surface area contributed by atoms with Gasteiger partial charge < -0.3 is 20.2 Å². The molecule has 1 aliphatic heterocycles. The standard InChI is InChI=1S/C12H23N3O3S/c1-9-8-15(6-5-14(9)2)12(18)13-10(11(16)17)4-7-19-3/h9-10H,4-8H2,1-3H3,(H,13,18)(H,16,17)/t9?,10-/m0/s1. The summed E-state index contributed by atoms with van der Waals surface area (Å²) in [4.78, 5) is 27.0. The molecule has 1 saturated heterocycles. The van der Waals surface area contributed by atoms with E-state index < -0.39 is 12.0 Å². The molecule has 1 rings (SSSR count). The first-order valence-corrected chi connectivity index (χ1v) is 7.82. The fourth-order valence-electron chi connectivity index (χ4n) is 1.97. The highest BCUT2D eigenvalue weighted by Gasteiger charge is 2.27. The highest BCUT2D eigenvalue weighted by atomic mass is 32.2. The average Bonchev–Trinajstić information content (AvgIpc) is 2.37. The number of likely N-dealkylation sites (N-methyl/N-ethyl adjacent to an activating group) is 1. The summed E-state index contributed by atoms with van der Waals surface area (Å²) in [5.41, 5.74) is 0. The van der Waals surface area contributed by atoms with E-state index in [0.29, 0.717) is 25.6 Å². The van der Waals surface area contributed by atoms with Gasteiger partial charge in [0.1, 0.15) is 6.04 Å². The average molecular weight is 289 g/mol. The van der Waals surface area contributed by atoms with E-state index in [0.717, 1.165) is 12.3 Å². The van der Waals surface area contributed by atoms with Crippen molar-refractivity contribution in [3.05, 3.63) is 0 Å². The molecule has 0 bridgehead atoms. The maximum Gasteiger partial charge on any atom is 0.326 e. The molecule has 0 aromatic carbocycles. The van der Waals surface area contributed by atoms with E-state index in [2.05, 4.69) is 17.1 Å². The summed E-state index contributed by atoms with van der Waals surface area (Å²) in [5.74, 6) is -0.249. The van der Waals surface area contributed by atoms with Gasteiger partial charge in [-0.3, -0.25) is 0 Å². The zero-order chi connectivity index (χ0) is 14.4. The predicted octanol–water partition coefficient (Wildman–Crippen LogP) is 0.538. The van der Waals surface area contributed by atoms with Gasteiger partial charge in [0.05, 0.1) is 0 Å². The number of carboxylic acid groups (broad SMARTS) is 1. The fraction of sp³-hybridized carbons (Fsp3) is 0.833. The molecular formula is C12H23N3O3S. The molecular weight excluding hydrogens is 266 g/mol. The highest BCUT2D eigenvalue weighted by Crippen LogP contribution is 2.08. The van der Waals surface area contributed by atoms with Crippen molar-refractivity contribution in [2.24, 2.45) is 0 Å². The van der Waals surface area contributed by atoms with Crippen molar-refractivity contribution in [1.29, 1.82) is 0 Å². The molecule has 1 unspecified atom stereocenters. The molecule has 2 N–H and O–H groups in total. The molecule has 0 radical (unpaired) electrons. The molecule has 7 heteroatoms. The summed E-state index contributed by atoms with van der Waals surface area (Å²) in [6, 6.07) is -0.766. The van der Waals surface area contributed by atoms with Gasteiger partial charge in [-0.05, 0) is 32.4 Å². The zero-order valence-electron chi connectivity index (χ0n) is 11.8. The van der Waals surface area contributed by atoms with Crippen LogP contribution in [-0.2, 0) is 4.79 Å². The monoisotopic (exact) mass is 289 g/mol. The lowest BCUT2D eigenvalue weighted by molar-refractivity contribution is -0.139. The van der Waals surface area contributed by atoms with Gasteiger partial charge in [-0.1, -0.05) is 0 Å². The van der Waals surface area contributed by atoms with Crippen molar-refractivity contribution < 1.29 is 14.7 Å². The maximum atomic E-state index is 12.1. The third-order valence-corrected chi connectivity index (χ3v) is 4.10. The lowest BCUT2D eigenvalue weighted by Crippen LogP contribution is -2.56. The van der Waals surface area contributed by atoms with Crippen LogP contribution in [0.4, 0.5) is 4.79 Å². The van der Waals surface area contributed by atoms with E-state index >= 15 is 0 Å². The second-order valence-corrected chi connectivity index (χ2v) is 5.88. The zero-order valence-corrected chi connectivity index (χ0v) is 12.6. The van der Waals surface area contributed by atoms with Crippen LogP contribution in [0.1, 0.15) is 13.3 Å². The maximum absolute atomic E-state index is 12.1. The minimum absolute atomic E-state index is 0.270. The summed E-state index contributed by atoms with van der Waals surface area (Å²) in [5, 5.41) is 11.7. The molecule has 0 saturated carbocycles. The van der Waals surface area contributed by atoms with Crippen molar-refractivity contribution in [3.63, 3.8) is 0 Å². The molecule has 2 atom stereocenters. The third kappa shape index (κ3) is 4.91. The molecule has 2 amide bonds. The first-order chi connectivity index (χ1) is 8.95. The first kappa shape index (κ1) is 16.1. The van der Waals surface area contributed by atoms with Crippen molar-refractivity contribution in [2.45, 2.75) is 25.4 Å². The van der Waals surface area contributed by atoms with Crippen LogP contribution in [0.25, 0.3) is 0 Å². The molecule has 1 aliphatic rings.